The number of amides is 2. The average Bonchev–Trinajstić information content (AvgIpc) is 2.59. The lowest BCUT2D eigenvalue weighted by Crippen LogP contribution is -2.44. The summed E-state index contributed by atoms with van der Waals surface area (Å²) in [6.07, 6.45) is 2.42. The summed E-state index contributed by atoms with van der Waals surface area (Å²) in [6, 6.07) is 4.24. The fourth-order valence-corrected chi connectivity index (χ4v) is 2.89. The predicted octanol–water partition coefficient (Wildman–Crippen LogP) is 2.59. The maximum atomic E-state index is 12.3. The molecule has 2 amide bonds. The summed E-state index contributed by atoms with van der Waals surface area (Å²) in [7, 11) is 0. The fourth-order valence-electron chi connectivity index (χ4n) is 2.63. The minimum absolute atomic E-state index is 0. The number of hydrogen-bond donors (Lipinski definition) is 3. The zero-order valence-electron chi connectivity index (χ0n) is 14.2. The molecule has 1 aliphatic rings. The number of carbonyl (C=O) groups excluding carboxylic acids is 2. The van der Waals surface area contributed by atoms with Crippen LogP contribution in [-0.4, -0.2) is 37.6 Å². The first kappa shape index (κ1) is 21.7. The van der Waals surface area contributed by atoms with Gasteiger partial charge in [-0.05, 0) is 43.4 Å². The Morgan fingerprint density at radius 3 is 2.64 bits per heavy atom. The van der Waals surface area contributed by atoms with Crippen LogP contribution in [-0.2, 0) is 9.53 Å². The summed E-state index contributed by atoms with van der Waals surface area (Å²) < 4.78 is 5.28. The highest BCUT2D eigenvalue weighted by molar-refractivity contribution is 6.34. The number of carbonyl (C=O) groups is 2. The summed E-state index contributed by atoms with van der Waals surface area (Å²) >= 11 is 6.15. The van der Waals surface area contributed by atoms with Gasteiger partial charge in [-0.1, -0.05) is 18.5 Å². The Hall–Kier alpha value is -1.34. The van der Waals surface area contributed by atoms with Crippen LogP contribution in [0.2, 0.25) is 5.02 Å². The quantitative estimate of drug-likeness (QED) is 0.696. The smallest absolute Gasteiger partial charge is 0.252 e. The SMILES string of the molecule is CCCNC(=O)c1ccc(NC(=O)C(N)C2CCOCC2)cc1Cl.Cl. The van der Waals surface area contributed by atoms with E-state index in [4.69, 9.17) is 22.1 Å². The minimum Gasteiger partial charge on any atom is -0.381 e. The lowest BCUT2D eigenvalue weighted by Gasteiger charge is -2.26. The Labute approximate surface area is 159 Å². The number of halogens is 2. The van der Waals surface area contributed by atoms with Crippen molar-refractivity contribution in [3.05, 3.63) is 28.8 Å². The van der Waals surface area contributed by atoms with E-state index in [0.717, 1.165) is 19.3 Å². The second-order valence-corrected chi connectivity index (χ2v) is 6.32. The Morgan fingerprint density at radius 2 is 2.04 bits per heavy atom. The molecule has 4 N–H and O–H groups in total. The van der Waals surface area contributed by atoms with Gasteiger partial charge in [-0.3, -0.25) is 9.59 Å². The van der Waals surface area contributed by atoms with E-state index >= 15 is 0 Å². The van der Waals surface area contributed by atoms with Gasteiger partial charge in [0.25, 0.3) is 5.91 Å². The maximum absolute atomic E-state index is 12.3. The Balaban J connectivity index is 0.00000312. The van der Waals surface area contributed by atoms with Crippen molar-refractivity contribution in [2.24, 2.45) is 11.7 Å². The van der Waals surface area contributed by atoms with E-state index in [-0.39, 0.29) is 30.1 Å². The molecule has 8 heteroatoms. The van der Waals surface area contributed by atoms with Crippen molar-refractivity contribution < 1.29 is 14.3 Å². The molecule has 1 aromatic carbocycles. The molecule has 2 rings (SSSR count). The molecule has 1 atom stereocenters. The van der Waals surface area contributed by atoms with Crippen molar-refractivity contribution >= 4 is 41.5 Å². The van der Waals surface area contributed by atoms with E-state index < -0.39 is 6.04 Å². The molecule has 1 aromatic rings. The number of hydrogen-bond acceptors (Lipinski definition) is 4. The first-order chi connectivity index (χ1) is 11.5. The monoisotopic (exact) mass is 389 g/mol. The van der Waals surface area contributed by atoms with Gasteiger partial charge in [0.1, 0.15) is 0 Å². The summed E-state index contributed by atoms with van der Waals surface area (Å²) in [5.41, 5.74) is 6.96. The normalized spacial score (nSPS) is 15.8. The van der Waals surface area contributed by atoms with Crippen LogP contribution in [0.5, 0.6) is 0 Å². The van der Waals surface area contributed by atoms with E-state index in [9.17, 15) is 9.59 Å². The molecule has 1 fully saturated rings. The molecule has 0 aliphatic carbocycles. The van der Waals surface area contributed by atoms with E-state index in [2.05, 4.69) is 10.6 Å². The van der Waals surface area contributed by atoms with E-state index in [0.29, 0.717) is 36.0 Å². The molecule has 0 spiro atoms. The highest BCUT2D eigenvalue weighted by Crippen LogP contribution is 2.23. The molecule has 1 unspecified atom stereocenters. The van der Waals surface area contributed by atoms with Crippen LogP contribution in [0.1, 0.15) is 36.5 Å². The fraction of sp³-hybridized carbons (Fsp3) is 0.529. The lowest BCUT2D eigenvalue weighted by atomic mass is 9.92. The molecule has 0 aromatic heterocycles. The second kappa shape index (κ2) is 10.6. The topological polar surface area (TPSA) is 93.5 Å². The van der Waals surface area contributed by atoms with Crippen molar-refractivity contribution in [1.82, 2.24) is 5.32 Å². The number of rotatable bonds is 6. The van der Waals surface area contributed by atoms with Gasteiger partial charge in [0.05, 0.1) is 16.6 Å². The second-order valence-electron chi connectivity index (χ2n) is 5.92. The molecular weight excluding hydrogens is 365 g/mol. The van der Waals surface area contributed by atoms with Crippen molar-refractivity contribution in [3.8, 4) is 0 Å². The van der Waals surface area contributed by atoms with Crippen LogP contribution >= 0.6 is 24.0 Å². The number of anilines is 1. The van der Waals surface area contributed by atoms with Gasteiger partial charge in [-0.25, -0.2) is 0 Å². The van der Waals surface area contributed by atoms with Crippen molar-refractivity contribution in [2.75, 3.05) is 25.1 Å². The molecule has 1 aliphatic heterocycles. The maximum Gasteiger partial charge on any atom is 0.252 e. The molecule has 0 bridgehead atoms. The predicted molar refractivity (Wildman–Crippen MR) is 101 cm³/mol. The molecule has 25 heavy (non-hydrogen) atoms. The van der Waals surface area contributed by atoms with Gasteiger partial charge in [0.2, 0.25) is 5.91 Å². The number of nitrogens with one attached hydrogen (secondary N) is 2. The lowest BCUT2D eigenvalue weighted by molar-refractivity contribution is -0.119. The Bertz CT molecular complexity index is 593. The van der Waals surface area contributed by atoms with Crippen LogP contribution < -0.4 is 16.4 Å². The highest BCUT2D eigenvalue weighted by atomic mass is 35.5. The van der Waals surface area contributed by atoms with Crippen LogP contribution in [0.25, 0.3) is 0 Å². The summed E-state index contributed by atoms with van der Waals surface area (Å²) in [5.74, 6) is -0.354. The van der Waals surface area contributed by atoms with E-state index in [1.807, 2.05) is 6.92 Å². The van der Waals surface area contributed by atoms with Gasteiger partial charge in [0, 0.05) is 25.4 Å². The third-order valence-corrected chi connectivity index (χ3v) is 4.41. The average molecular weight is 390 g/mol. The van der Waals surface area contributed by atoms with Gasteiger partial charge >= 0.3 is 0 Å². The van der Waals surface area contributed by atoms with Crippen LogP contribution in [0.15, 0.2) is 18.2 Å². The molecule has 140 valence electrons. The van der Waals surface area contributed by atoms with Gasteiger partial charge in [-0.15, -0.1) is 12.4 Å². The summed E-state index contributed by atoms with van der Waals surface area (Å²) in [6.45, 7) is 3.84. The van der Waals surface area contributed by atoms with Gasteiger partial charge in [0.15, 0.2) is 0 Å². The number of benzene rings is 1. The van der Waals surface area contributed by atoms with Crippen molar-refractivity contribution in [2.45, 2.75) is 32.2 Å². The van der Waals surface area contributed by atoms with Crippen LogP contribution in [0.4, 0.5) is 5.69 Å². The zero-order valence-corrected chi connectivity index (χ0v) is 15.8. The number of nitrogens with two attached hydrogens (primary N) is 1. The standard InChI is InChI=1S/C17H24ClN3O3.ClH/c1-2-7-20-16(22)13-4-3-12(10-14(13)18)21-17(23)15(19)11-5-8-24-9-6-11;/h3-4,10-11,15H,2,5-9,19H2,1H3,(H,20,22)(H,21,23);1H. The van der Waals surface area contributed by atoms with Crippen LogP contribution in [0.3, 0.4) is 0 Å². The molecule has 6 nitrogen and oxygen atoms in total. The van der Waals surface area contributed by atoms with Crippen molar-refractivity contribution in [3.63, 3.8) is 0 Å². The summed E-state index contributed by atoms with van der Waals surface area (Å²) in [5, 5.41) is 5.83. The van der Waals surface area contributed by atoms with Crippen molar-refractivity contribution in [1.29, 1.82) is 0 Å². The zero-order chi connectivity index (χ0) is 17.5. The first-order valence-corrected chi connectivity index (χ1v) is 8.62. The van der Waals surface area contributed by atoms with Gasteiger partial charge < -0.3 is 21.1 Å². The van der Waals surface area contributed by atoms with E-state index in [1.165, 1.54) is 0 Å². The van der Waals surface area contributed by atoms with Gasteiger partial charge in [-0.2, -0.15) is 0 Å². The molecule has 1 heterocycles. The first-order valence-electron chi connectivity index (χ1n) is 8.25. The molecule has 0 radical (unpaired) electrons. The van der Waals surface area contributed by atoms with E-state index in [1.54, 1.807) is 18.2 Å². The molecule has 0 saturated carbocycles. The largest absolute Gasteiger partial charge is 0.381 e. The third-order valence-electron chi connectivity index (χ3n) is 4.09. The molecule has 1 saturated heterocycles. The molecular formula is C17H25Cl2N3O3. The highest BCUT2D eigenvalue weighted by Gasteiger charge is 2.26. The number of ether oxygens (including phenoxy) is 1. The van der Waals surface area contributed by atoms with Crippen LogP contribution in [0, 0.1) is 5.92 Å². The Kier molecular flexibility index (Phi) is 9.21. The Morgan fingerprint density at radius 1 is 1.36 bits per heavy atom. The third kappa shape index (κ3) is 6.15. The minimum atomic E-state index is -0.583. The summed E-state index contributed by atoms with van der Waals surface area (Å²) in [4.78, 5) is 24.2.